The van der Waals surface area contributed by atoms with Crippen molar-refractivity contribution < 1.29 is 13.0 Å². The Morgan fingerprint density at radius 3 is 2.31 bits per heavy atom. The SMILES string of the molecule is CCC(C)CCCCCS(=O)(=O)O. The normalized spacial score (nSPS) is 14.4. The molecule has 0 saturated heterocycles. The van der Waals surface area contributed by atoms with Crippen LogP contribution in [0, 0.1) is 5.92 Å². The summed E-state index contributed by atoms with van der Waals surface area (Å²) in [6.45, 7) is 4.35. The minimum absolute atomic E-state index is 0.0898. The predicted molar refractivity (Wildman–Crippen MR) is 54.3 cm³/mol. The van der Waals surface area contributed by atoms with E-state index in [2.05, 4.69) is 13.8 Å². The van der Waals surface area contributed by atoms with E-state index in [-0.39, 0.29) is 5.75 Å². The zero-order valence-corrected chi connectivity index (χ0v) is 9.31. The second kappa shape index (κ2) is 6.38. The van der Waals surface area contributed by atoms with Gasteiger partial charge in [0.25, 0.3) is 10.1 Å². The first kappa shape index (κ1) is 12.9. The molecule has 0 aliphatic rings. The Balaban J connectivity index is 3.27. The van der Waals surface area contributed by atoms with Crippen molar-refractivity contribution >= 4 is 10.1 Å². The topological polar surface area (TPSA) is 54.4 Å². The lowest BCUT2D eigenvalue weighted by atomic mass is 10.0. The van der Waals surface area contributed by atoms with Crippen LogP contribution in [0.5, 0.6) is 0 Å². The quantitative estimate of drug-likeness (QED) is 0.516. The Labute approximate surface area is 81.3 Å². The Hall–Kier alpha value is -0.0900. The number of rotatable bonds is 7. The second-order valence-corrected chi connectivity index (χ2v) is 5.22. The van der Waals surface area contributed by atoms with Gasteiger partial charge in [0.1, 0.15) is 0 Å². The molecule has 0 aromatic carbocycles. The first-order valence-electron chi connectivity index (χ1n) is 4.91. The molecule has 0 aromatic rings. The zero-order chi connectivity index (χ0) is 10.3. The Morgan fingerprint density at radius 2 is 1.85 bits per heavy atom. The monoisotopic (exact) mass is 208 g/mol. The average Bonchev–Trinajstić information content (AvgIpc) is 2.01. The van der Waals surface area contributed by atoms with Crippen LogP contribution in [0.4, 0.5) is 0 Å². The van der Waals surface area contributed by atoms with Crippen molar-refractivity contribution in [3.63, 3.8) is 0 Å². The third-order valence-corrected chi connectivity index (χ3v) is 3.10. The summed E-state index contributed by atoms with van der Waals surface area (Å²) in [5, 5.41) is 0. The largest absolute Gasteiger partial charge is 0.286 e. The fourth-order valence-electron chi connectivity index (χ4n) is 1.16. The third-order valence-electron chi connectivity index (χ3n) is 2.30. The Bertz CT molecular complexity index is 209. The van der Waals surface area contributed by atoms with Crippen molar-refractivity contribution in [2.75, 3.05) is 5.75 Å². The highest BCUT2D eigenvalue weighted by molar-refractivity contribution is 7.85. The maximum Gasteiger partial charge on any atom is 0.264 e. The van der Waals surface area contributed by atoms with Crippen molar-refractivity contribution in [3.8, 4) is 0 Å². The Morgan fingerprint density at radius 1 is 1.23 bits per heavy atom. The van der Waals surface area contributed by atoms with Gasteiger partial charge in [-0.25, -0.2) is 0 Å². The average molecular weight is 208 g/mol. The first-order chi connectivity index (χ1) is 5.95. The molecule has 0 amide bonds. The maximum absolute atomic E-state index is 10.3. The minimum Gasteiger partial charge on any atom is -0.286 e. The summed E-state index contributed by atoms with van der Waals surface area (Å²) in [5.41, 5.74) is 0. The summed E-state index contributed by atoms with van der Waals surface area (Å²) >= 11 is 0. The molecular weight excluding hydrogens is 188 g/mol. The van der Waals surface area contributed by atoms with Crippen LogP contribution in [0.25, 0.3) is 0 Å². The standard InChI is InChI=1S/C9H20O3S/c1-3-9(2)7-5-4-6-8-13(10,11)12/h9H,3-8H2,1-2H3,(H,10,11,12). The van der Waals surface area contributed by atoms with Gasteiger partial charge in [0, 0.05) is 0 Å². The highest BCUT2D eigenvalue weighted by Crippen LogP contribution is 2.12. The highest BCUT2D eigenvalue weighted by Gasteiger charge is 2.03. The van der Waals surface area contributed by atoms with E-state index in [1.165, 1.54) is 6.42 Å². The van der Waals surface area contributed by atoms with Crippen LogP contribution in [-0.2, 0) is 10.1 Å². The van der Waals surface area contributed by atoms with Gasteiger partial charge in [-0.2, -0.15) is 8.42 Å². The highest BCUT2D eigenvalue weighted by atomic mass is 32.2. The van der Waals surface area contributed by atoms with Gasteiger partial charge < -0.3 is 0 Å². The zero-order valence-electron chi connectivity index (χ0n) is 8.49. The molecule has 0 aliphatic heterocycles. The number of unbranched alkanes of at least 4 members (excludes halogenated alkanes) is 2. The van der Waals surface area contributed by atoms with Crippen molar-refractivity contribution in [1.29, 1.82) is 0 Å². The van der Waals surface area contributed by atoms with E-state index in [4.69, 9.17) is 4.55 Å². The molecule has 1 N–H and O–H groups in total. The Kier molecular flexibility index (Phi) is 6.33. The predicted octanol–water partition coefficient (Wildman–Crippen LogP) is 2.48. The van der Waals surface area contributed by atoms with Gasteiger partial charge in [-0.15, -0.1) is 0 Å². The van der Waals surface area contributed by atoms with E-state index in [1.807, 2.05) is 0 Å². The summed E-state index contributed by atoms with van der Waals surface area (Å²) in [5.74, 6) is 0.638. The number of hydrogen-bond acceptors (Lipinski definition) is 2. The summed E-state index contributed by atoms with van der Waals surface area (Å²) in [6.07, 6.45) is 4.87. The van der Waals surface area contributed by atoms with Gasteiger partial charge in [-0.3, -0.25) is 4.55 Å². The summed E-state index contributed by atoms with van der Waals surface area (Å²) < 4.78 is 29.1. The number of hydrogen-bond donors (Lipinski definition) is 1. The van der Waals surface area contributed by atoms with E-state index < -0.39 is 10.1 Å². The molecule has 3 nitrogen and oxygen atoms in total. The van der Waals surface area contributed by atoms with E-state index in [1.54, 1.807) is 0 Å². The minimum atomic E-state index is -3.73. The second-order valence-electron chi connectivity index (χ2n) is 3.65. The molecule has 4 heteroatoms. The molecule has 0 bridgehead atoms. The summed E-state index contributed by atoms with van der Waals surface area (Å²) in [4.78, 5) is 0. The van der Waals surface area contributed by atoms with Crippen LogP contribution in [0.1, 0.15) is 46.0 Å². The molecule has 0 radical (unpaired) electrons. The van der Waals surface area contributed by atoms with Crippen molar-refractivity contribution in [1.82, 2.24) is 0 Å². The molecule has 0 saturated carbocycles. The van der Waals surface area contributed by atoms with Crippen LogP contribution < -0.4 is 0 Å². The molecule has 0 spiro atoms. The first-order valence-corrected chi connectivity index (χ1v) is 6.51. The summed E-state index contributed by atoms with van der Waals surface area (Å²) in [6, 6.07) is 0. The van der Waals surface area contributed by atoms with Gasteiger partial charge in [-0.1, -0.05) is 39.5 Å². The molecule has 0 heterocycles. The van der Waals surface area contributed by atoms with Gasteiger partial charge in [-0.05, 0) is 12.3 Å². The lowest BCUT2D eigenvalue weighted by Gasteiger charge is -2.06. The lowest BCUT2D eigenvalue weighted by Crippen LogP contribution is -2.03. The molecule has 80 valence electrons. The summed E-state index contributed by atoms with van der Waals surface area (Å²) in [7, 11) is -3.73. The van der Waals surface area contributed by atoms with Gasteiger partial charge >= 0.3 is 0 Å². The van der Waals surface area contributed by atoms with Crippen LogP contribution in [0.15, 0.2) is 0 Å². The van der Waals surface area contributed by atoms with Crippen LogP contribution >= 0.6 is 0 Å². The van der Waals surface area contributed by atoms with Crippen molar-refractivity contribution in [3.05, 3.63) is 0 Å². The molecule has 0 rings (SSSR count). The van der Waals surface area contributed by atoms with Crippen molar-refractivity contribution in [2.24, 2.45) is 5.92 Å². The van der Waals surface area contributed by atoms with Gasteiger partial charge in [0.05, 0.1) is 5.75 Å². The maximum atomic E-state index is 10.3. The van der Waals surface area contributed by atoms with Gasteiger partial charge in [0.2, 0.25) is 0 Å². The smallest absolute Gasteiger partial charge is 0.264 e. The molecule has 1 atom stereocenters. The fraction of sp³-hybridized carbons (Fsp3) is 1.00. The molecule has 0 aromatic heterocycles. The van der Waals surface area contributed by atoms with E-state index in [9.17, 15) is 8.42 Å². The van der Waals surface area contributed by atoms with Crippen LogP contribution in [0.3, 0.4) is 0 Å². The van der Waals surface area contributed by atoms with E-state index in [0.717, 1.165) is 25.2 Å². The lowest BCUT2D eigenvalue weighted by molar-refractivity contribution is 0.467. The molecule has 0 fully saturated rings. The van der Waals surface area contributed by atoms with Crippen molar-refractivity contribution in [2.45, 2.75) is 46.0 Å². The van der Waals surface area contributed by atoms with Gasteiger partial charge in [0.15, 0.2) is 0 Å². The van der Waals surface area contributed by atoms with Crippen LogP contribution in [0.2, 0.25) is 0 Å². The van der Waals surface area contributed by atoms with E-state index >= 15 is 0 Å². The molecular formula is C9H20O3S. The van der Waals surface area contributed by atoms with E-state index in [0.29, 0.717) is 6.42 Å². The van der Waals surface area contributed by atoms with Crippen LogP contribution in [-0.4, -0.2) is 18.7 Å². The fourth-order valence-corrected chi connectivity index (χ4v) is 1.73. The third kappa shape index (κ3) is 9.83. The molecule has 1 unspecified atom stereocenters. The molecule has 13 heavy (non-hydrogen) atoms. The molecule has 0 aliphatic carbocycles.